The second-order valence-electron chi connectivity index (χ2n) is 3.38. The minimum Gasteiger partial charge on any atom is -0.465 e. The Morgan fingerprint density at radius 3 is 2.88 bits per heavy atom. The van der Waals surface area contributed by atoms with Crippen molar-refractivity contribution in [2.75, 3.05) is 12.4 Å². The van der Waals surface area contributed by atoms with Gasteiger partial charge in [0.2, 0.25) is 0 Å². The Morgan fingerprint density at radius 1 is 1.44 bits per heavy atom. The molecule has 0 saturated carbocycles. The number of esters is 1. The molecule has 0 aromatic heterocycles. The van der Waals surface area contributed by atoms with Gasteiger partial charge in [0.1, 0.15) is 4.91 Å². The number of allylic oxidation sites excluding steroid dienone is 1. The second kappa shape index (κ2) is 4.61. The van der Waals surface area contributed by atoms with Crippen LogP contribution in [0, 0.1) is 0 Å². The molecule has 0 bridgehead atoms. The molecule has 3 nitrogen and oxygen atoms in total. The lowest BCUT2D eigenvalue weighted by Gasteiger charge is -2.21. The molecule has 2 rings (SSSR count). The number of rotatable bonds is 2. The van der Waals surface area contributed by atoms with Crippen molar-refractivity contribution in [1.82, 2.24) is 0 Å². The van der Waals surface area contributed by atoms with Gasteiger partial charge in [-0.25, -0.2) is 4.79 Å². The highest BCUT2D eigenvalue weighted by molar-refractivity contribution is 8.04. The largest absolute Gasteiger partial charge is 0.465 e. The molecule has 0 radical (unpaired) electrons. The molecule has 1 aliphatic heterocycles. The zero-order valence-corrected chi connectivity index (χ0v) is 10.1. The molecule has 84 valence electrons. The van der Waals surface area contributed by atoms with E-state index in [2.05, 4.69) is 5.32 Å². The van der Waals surface area contributed by atoms with Crippen molar-refractivity contribution in [2.45, 2.75) is 18.2 Å². The third-order valence-electron chi connectivity index (χ3n) is 2.38. The van der Waals surface area contributed by atoms with Gasteiger partial charge in [0.15, 0.2) is 0 Å². The monoisotopic (exact) mass is 235 g/mol. The number of fused-ring (bicyclic) bond motifs is 1. The number of anilines is 1. The molecule has 0 aliphatic carbocycles. The van der Waals surface area contributed by atoms with E-state index in [1.54, 1.807) is 0 Å². The van der Waals surface area contributed by atoms with Crippen molar-refractivity contribution in [3.8, 4) is 0 Å². The van der Waals surface area contributed by atoms with Crippen molar-refractivity contribution in [3.63, 3.8) is 0 Å². The summed E-state index contributed by atoms with van der Waals surface area (Å²) in [6, 6.07) is 7.93. The number of ether oxygens (including phenoxy) is 1. The van der Waals surface area contributed by atoms with Crippen molar-refractivity contribution in [1.29, 1.82) is 0 Å². The first-order chi connectivity index (χ1) is 7.76. The Morgan fingerprint density at radius 2 is 2.19 bits per heavy atom. The number of hydrogen-bond acceptors (Lipinski definition) is 4. The Bertz CT molecular complexity index is 454. The van der Waals surface area contributed by atoms with Gasteiger partial charge in [-0.3, -0.25) is 0 Å². The molecular weight excluding hydrogens is 222 g/mol. The summed E-state index contributed by atoms with van der Waals surface area (Å²) in [6.07, 6.45) is 0.783. The number of para-hydroxylation sites is 1. The van der Waals surface area contributed by atoms with Crippen LogP contribution in [-0.4, -0.2) is 13.1 Å². The first-order valence-corrected chi connectivity index (χ1v) is 5.93. The molecule has 1 aromatic carbocycles. The van der Waals surface area contributed by atoms with Crippen LogP contribution in [0.2, 0.25) is 0 Å². The number of hydrogen-bond donors (Lipinski definition) is 1. The second-order valence-corrected chi connectivity index (χ2v) is 4.43. The van der Waals surface area contributed by atoms with E-state index in [0.717, 1.165) is 22.7 Å². The minimum atomic E-state index is -0.274. The number of thioether (sulfide) groups is 1. The standard InChI is InChI=1S/C12H13NO2S/c1-3-8-11(12(14)15-2)16-10-7-5-4-6-9(10)13-8/h4-7,13H,3H2,1-2H3. The van der Waals surface area contributed by atoms with Gasteiger partial charge in [0.05, 0.1) is 12.8 Å². The molecule has 0 unspecified atom stereocenters. The van der Waals surface area contributed by atoms with Crippen LogP contribution in [-0.2, 0) is 9.53 Å². The predicted molar refractivity (Wildman–Crippen MR) is 65.3 cm³/mol. The molecule has 0 atom stereocenters. The van der Waals surface area contributed by atoms with Crippen LogP contribution in [0.5, 0.6) is 0 Å². The normalized spacial score (nSPS) is 14.1. The van der Waals surface area contributed by atoms with Crippen LogP contribution in [0.25, 0.3) is 0 Å². The van der Waals surface area contributed by atoms with Gasteiger partial charge in [-0.15, -0.1) is 0 Å². The molecule has 1 aromatic rings. The predicted octanol–water partition coefficient (Wildman–Crippen LogP) is 3.00. The molecule has 16 heavy (non-hydrogen) atoms. The molecule has 1 N–H and O–H groups in total. The summed E-state index contributed by atoms with van der Waals surface area (Å²) in [5, 5.41) is 3.27. The molecule has 0 amide bonds. The Kier molecular flexibility index (Phi) is 3.19. The fraction of sp³-hybridized carbons (Fsp3) is 0.250. The molecule has 1 aliphatic rings. The maximum Gasteiger partial charge on any atom is 0.346 e. The zero-order valence-electron chi connectivity index (χ0n) is 9.24. The van der Waals surface area contributed by atoms with Gasteiger partial charge in [-0.05, 0) is 18.6 Å². The summed E-state index contributed by atoms with van der Waals surface area (Å²) in [4.78, 5) is 13.3. The summed E-state index contributed by atoms with van der Waals surface area (Å²) in [6.45, 7) is 2.01. The van der Waals surface area contributed by atoms with Crippen LogP contribution < -0.4 is 5.32 Å². The molecule has 4 heteroatoms. The van der Waals surface area contributed by atoms with E-state index < -0.39 is 0 Å². The topological polar surface area (TPSA) is 38.3 Å². The van der Waals surface area contributed by atoms with E-state index in [-0.39, 0.29) is 5.97 Å². The average molecular weight is 235 g/mol. The Balaban J connectivity index is 2.38. The zero-order chi connectivity index (χ0) is 11.5. The lowest BCUT2D eigenvalue weighted by atomic mass is 10.2. The molecule has 0 spiro atoms. The summed E-state index contributed by atoms with van der Waals surface area (Å²) in [5.41, 5.74) is 1.98. The summed E-state index contributed by atoms with van der Waals surface area (Å²) in [5.74, 6) is -0.274. The molecular formula is C12H13NO2S. The number of benzene rings is 1. The highest BCUT2D eigenvalue weighted by atomic mass is 32.2. The highest BCUT2D eigenvalue weighted by Gasteiger charge is 2.22. The minimum absolute atomic E-state index is 0.274. The summed E-state index contributed by atoms with van der Waals surface area (Å²) >= 11 is 1.46. The highest BCUT2D eigenvalue weighted by Crippen LogP contribution is 2.40. The molecule has 1 heterocycles. The van der Waals surface area contributed by atoms with Crippen molar-refractivity contribution >= 4 is 23.4 Å². The van der Waals surface area contributed by atoms with E-state index >= 15 is 0 Å². The lowest BCUT2D eigenvalue weighted by molar-refractivity contribution is -0.135. The van der Waals surface area contributed by atoms with Gasteiger partial charge in [-0.2, -0.15) is 0 Å². The van der Waals surface area contributed by atoms with Gasteiger partial charge in [-0.1, -0.05) is 30.8 Å². The van der Waals surface area contributed by atoms with Crippen LogP contribution in [0.15, 0.2) is 39.8 Å². The number of nitrogens with one attached hydrogen (secondary N) is 1. The Labute approximate surface area is 98.9 Å². The third-order valence-corrected chi connectivity index (χ3v) is 3.58. The van der Waals surface area contributed by atoms with Crippen LogP contribution >= 0.6 is 11.8 Å². The van der Waals surface area contributed by atoms with E-state index in [1.807, 2.05) is 31.2 Å². The number of carbonyl (C=O) groups is 1. The summed E-state index contributed by atoms with van der Waals surface area (Å²) in [7, 11) is 1.41. The van der Waals surface area contributed by atoms with E-state index in [9.17, 15) is 4.79 Å². The summed E-state index contributed by atoms with van der Waals surface area (Å²) < 4.78 is 4.78. The van der Waals surface area contributed by atoms with E-state index in [0.29, 0.717) is 4.91 Å². The maximum absolute atomic E-state index is 11.6. The quantitative estimate of drug-likeness (QED) is 0.800. The molecule has 0 fully saturated rings. The molecule has 0 saturated heterocycles. The third kappa shape index (κ3) is 1.93. The van der Waals surface area contributed by atoms with Crippen molar-refractivity contribution < 1.29 is 9.53 Å². The average Bonchev–Trinajstić information content (AvgIpc) is 2.36. The van der Waals surface area contributed by atoms with Gasteiger partial charge >= 0.3 is 5.97 Å². The van der Waals surface area contributed by atoms with Crippen LogP contribution in [0.3, 0.4) is 0 Å². The van der Waals surface area contributed by atoms with Gasteiger partial charge in [0, 0.05) is 10.6 Å². The van der Waals surface area contributed by atoms with Crippen LogP contribution in [0.1, 0.15) is 13.3 Å². The van der Waals surface area contributed by atoms with Crippen molar-refractivity contribution in [2.24, 2.45) is 0 Å². The van der Waals surface area contributed by atoms with E-state index in [4.69, 9.17) is 4.74 Å². The smallest absolute Gasteiger partial charge is 0.346 e. The van der Waals surface area contributed by atoms with Crippen LogP contribution in [0.4, 0.5) is 5.69 Å². The first kappa shape index (κ1) is 11.1. The van der Waals surface area contributed by atoms with Gasteiger partial charge < -0.3 is 10.1 Å². The maximum atomic E-state index is 11.6. The Hall–Kier alpha value is -1.42. The number of carbonyl (C=O) groups excluding carboxylic acids is 1. The van der Waals surface area contributed by atoms with Crippen molar-refractivity contribution in [3.05, 3.63) is 34.9 Å². The fourth-order valence-electron chi connectivity index (χ4n) is 1.56. The SMILES string of the molecule is CCC1=C(C(=O)OC)Sc2ccccc2N1. The van der Waals surface area contributed by atoms with E-state index in [1.165, 1.54) is 18.9 Å². The number of methoxy groups -OCH3 is 1. The van der Waals surface area contributed by atoms with Gasteiger partial charge in [0.25, 0.3) is 0 Å². The first-order valence-electron chi connectivity index (χ1n) is 5.11. The fourth-order valence-corrected chi connectivity index (χ4v) is 2.64. The lowest BCUT2D eigenvalue weighted by Crippen LogP contribution is -2.14.